The molecule has 2 heterocycles. The number of carbonyl (C=O) groups is 1. The van der Waals surface area contributed by atoms with E-state index >= 15 is 0 Å². The van der Waals surface area contributed by atoms with Crippen LogP contribution in [0.15, 0.2) is 36.4 Å². The zero-order valence-corrected chi connectivity index (χ0v) is 16.5. The third-order valence-corrected chi connectivity index (χ3v) is 5.99. The Hall–Kier alpha value is -2.55. The number of hydrogen-bond acceptors (Lipinski definition) is 3. The Kier molecular flexibility index (Phi) is 5.48. The molecule has 4 rings (SSSR count). The van der Waals surface area contributed by atoms with Crippen molar-refractivity contribution < 1.29 is 22.4 Å². The molecule has 2 amide bonds. The molecule has 2 aliphatic rings. The monoisotopic (exact) mass is 442 g/mol. The number of nitrogens with zero attached hydrogens (tertiary/aromatic N) is 2. The lowest BCUT2D eigenvalue weighted by Crippen LogP contribution is -2.42. The zero-order chi connectivity index (χ0) is 21.5. The maximum Gasteiger partial charge on any atom is 0.433 e. The van der Waals surface area contributed by atoms with Gasteiger partial charge in [-0.2, -0.15) is 13.2 Å². The highest BCUT2D eigenvalue weighted by atomic mass is 35.5. The van der Waals surface area contributed by atoms with Crippen molar-refractivity contribution in [3.63, 3.8) is 0 Å². The number of rotatable bonds is 3. The molecule has 5 nitrogen and oxygen atoms in total. The minimum atomic E-state index is -4.49. The van der Waals surface area contributed by atoms with Gasteiger partial charge in [0.15, 0.2) is 0 Å². The van der Waals surface area contributed by atoms with Gasteiger partial charge in [-0.15, -0.1) is 0 Å². The Morgan fingerprint density at radius 3 is 2.70 bits per heavy atom. The highest BCUT2D eigenvalue weighted by Crippen LogP contribution is 2.40. The Bertz CT molecular complexity index is 955. The highest BCUT2D eigenvalue weighted by Gasteiger charge is 2.44. The van der Waals surface area contributed by atoms with Gasteiger partial charge in [0.1, 0.15) is 17.3 Å². The number of alkyl halides is 3. The number of nitrogens with one attached hydrogen (secondary N) is 2. The van der Waals surface area contributed by atoms with Crippen molar-refractivity contribution in [2.45, 2.75) is 25.1 Å². The summed E-state index contributed by atoms with van der Waals surface area (Å²) >= 11 is 5.73. The summed E-state index contributed by atoms with van der Waals surface area (Å²) in [6, 6.07) is 7.25. The maximum absolute atomic E-state index is 13.2. The molecule has 0 bridgehead atoms. The minimum absolute atomic E-state index is 0.0891. The Morgan fingerprint density at radius 2 is 1.97 bits per heavy atom. The summed E-state index contributed by atoms with van der Waals surface area (Å²) in [6.45, 7) is 1.12. The highest BCUT2D eigenvalue weighted by molar-refractivity contribution is 6.31. The first-order valence-corrected chi connectivity index (χ1v) is 9.90. The van der Waals surface area contributed by atoms with E-state index in [1.807, 2.05) is 4.90 Å². The van der Waals surface area contributed by atoms with E-state index in [2.05, 4.69) is 15.6 Å². The molecule has 1 saturated carbocycles. The average molecular weight is 443 g/mol. The molecule has 2 fully saturated rings. The fourth-order valence-corrected chi connectivity index (χ4v) is 4.48. The summed E-state index contributed by atoms with van der Waals surface area (Å²) in [4.78, 5) is 18.0. The van der Waals surface area contributed by atoms with E-state index in [9.17, 15) is 22.4 Å². The van der Waals surface area contributed by atoms with Gasteiger partial charge in [0.25, 0.3) is 0 Å². The van der Waals surface area contributed by atoms with Crippen LogP contribution in [0.5, 0.6) is 0 Å². The molecule has 1 aromatic carbocycles. The van der Waals surface area contributed by atoms with Gasteiger partial charge in [-0.3, -0.25) is 0 Å². The number of hydrogen-bond donors (Lipinski definition) is 2. The number of fused-ring (bicyclic) bond motifs is 1. The lowest BCUT2D eigenvalue weighted by Gasteiger charge is -2.23. The summed E-state index contributed by atoms with van der Waals surface area (Å²) in [5.74, 6) is 0.106. The number of urea groups is 1. The van der Waals surface area contributed by atoms with Crippen molar-refractivity contribution in [3.8, 4) is 0 Å². The van der Waals surface area contributed by atoms with Gasteiger partial charge < -0.3 is 15.5 Å². The Balaban J connectivity index is 1.39. The Morgan fingerprint density at radius 1 is 1.17 bits per heavy atom. The molecule has 2 aromatic rings. The largest absolute Gasteiger partial charge is 0.433 e. The second kappa shape index (κ2) is 7.94. The molecule has 1 aliphatic heterocycles. The van der Waals surface area contributed by atoms with E-state index < -0.39 is 23.7 Å². The topological polar surface area (TPSA) is 57.3 Å². The second-order valence-corrected chi connectivity index (χ2v) is 8.03. The first-order valence-electron chi connectivity index (χ1n) is 9.52. The molecule has 0 spiro atoms. The lowest BCUT2D eigenvalue weighted by atomic mass is 9.98. The standard InChI is InChI=1S/C20H19ClF4N4O/c21-14-8-12(5-6-15(14)22)26-19(30)27-16-7-4-11-9-29(10-13(11)16)18-3-1-2-17(28-18)20(23,24)25/h1-3,5-6,8,11,13,16H,4,7,9-10H2,(H2,26,27,30)/t11-,13?,16?/m1/s1. The van der Waals surface area contributed by atoms with Crippen LogP contribution in [0.25, 0.3) is 0 Å². The SMILES string of the molecule is O=C(Nc1ccc(F)c(Cl)c1)NC1CC[C@@H]2CN(c3cccc(C(F)(F)F)n3)CC12. The number of anilines is 2. The smallest absolute Gasteiger partial charge is 0.356 e. The van der Waals surface area contributed by atoms with Gasteiger partial charge in [-0.1, -0.05) is 17.7 Å². The van der Waals surface area contributed by atoms with Crippen molar-refractivity contribution in [1.82, 2.24) is 10.3 Å². The molecule has 1 saturated heterocycles. The van der Waals surface area contributed by atoms with Gasteiger partial charge in [0.05, 0.1) is 5.02 Å². The van der Waals surface area contributed by atoms with Crippen LogP contribution in [0.2, 0.25) is 5.02 Å². The number of aromatic nitrogens is 1. The molecular formula is C20H19ClF4N4O. The summed E-state index contributed by atoms with van der Waals surface area (Å²) in [6.07, 6.45) is -2.83. The van der Waals surface area contributed by atoms with Crippen LogP contribution in [-0.2, 0) is 6.18 Å². The number of pyridine rings is 1. The zero-order valence-electron chi connectivity index (χ0n) is 15.7. The van der Waals surface area contributed by atoms with Crippen molar-refractivity contribution in [1.29, 1.82) is 0 Å². The van der Waals surface area contributed by atoms with Crippen LogP contribution < -0.4 is 15.5 Å². The summed E-state index contributed by atoms with van der Waals surface area (Å²) in [5, 5.41) is 5.47. The average Bonchev–Trinajstić information content (AvgIpc) is 3.26. The van der Waals surface area contributed by atoms with Crippen LogP contribution in [0, 0.1) is 17.7 Å². The quantitative estimate of drug-likeness (QED) is 0.663. The fraction of sp³-hybridized carbons (Fsp3) is 0.400. The predicted octanol–water partition coefficient (Wildman–Crippen LogP) is 4.93. The number of halogens is 5. The maximum atomic E-state index is 13.2. The minimum Gasteiger partial charge on any atom is -0.356 e. The van der Waals surface area contributed by atoms with E-state index in [0.29, 0.717) is 24.6 Å². The van der Waals surface area contributed by atoms with E-state index in [1.165, 1.54) is 24.3 Å². The molecule has 1 aromatic heterocycles. The molecule has 30 heavy (non-hydrogen) atoms. The molecule has 3 atom stereocenters. The molecular weight excluding hydrogens is 424 g/mol. The van der Waals surface area contributed by atoms with E-state index in [1.54, 1.807) is 6.07 Å². The van der Waals surface area contributed by atoms with Gasteiger partial charge >= 0.3 is 12.2 Å². The van der Waals surface area contributed by atoms with Crippen molar-refractivity contribution in [2.24, 2.45) is 11.8 Å². The van der Waals surface area contributed by atoms with E-state index in [-0.39, 0.29) is 22.9 Å². The van der Waals surface area contributed by atoms with Gasteiger partial charge in [-0.05, 0) is 49.1 Å². The summed E-state index contributed by atoms with van der Waals surface area (Å²) in [5.41, 5.74) is -0.543. The molecule has 0 radical (unpaired) electrons. The third-order valence-electron chi connectivity index (χ3n) is 5.70. The summed E-state index contributed by atoms with van der Waals surface area (Å²) in [7, 11) is 0. The fourth-order valence-electron chi connectivity index (χ4n) is 4.30. The lowest BCUT2D eigenvalue weighted by molar-refractivity contribution is -0.141. The predicted molar refractivity (Wildman–Crippen MR) is 105 cm³/mol. The van der Waals surface area contributed by atoms with Crippen molar-refractivity contribution >= 4 is 29.1 Å². The van der Waals surface area contributed by atoms with Gasteiger partial charge in [-0.25, -0.2) is 14.2 Å². The number of carbonyl (C=O) groups excluding carboxylic acids is 1. The third kappa shape index (κ3) is 4.30. The molecule has 1 aliphatic carbocycles. The van der Waals surface area contributed by atoms with Gasteiger partial charge in [0, 0.05) is 30.7 Å². The number of benzene rings is 1. The first kappa shape index (κ1) is 20.7. The molecule has 2 N–H and O–H groups in total. The summed E-state index contributed by atoms with van der Waals surface area (Å²) < 4.78 is 52.1. The second-order valence-electron chi connectivity index (χ2n) is 7.62. The number of amides is 2. The van der Waals surface area contributed by atoms with Crippen LogP contribution in [0.3, 0.4) is 0 Å². The van der Waals surface area contributed by atoms with Gasteiger partial charge in [0.2, 0.25) is 0 Å². The van der Waals surface area contributed by atoms with E-state index in [4.69, 9.17) is 11.6 Å². The Labute approximate surface area is 175 Å². The van der Waals surface area contributed by atoms with Crippen LogP contribution in [-0.4, -0.2) is 30.1 Å². The van der Waals surface area contributed by atoms with Crippen molar-refractivity contribution in [2.75, 3.05) is 23.3 Å². The van der Waals surface area contributed by atoms with Crippen molar-refractivity contribution in [3.05, 3.63) is 52.9 Å². The van der Waals surface area contributed by atoms with Crippen LogP contribution in [0.4, 0.5) is 33.9 Å². The molecule has 160 valence electrons. The van der Waals surface area contributed by atoms with E-state index in [0.717, 1.165) is 18.9 Å². The normalized spacial score (nSPS) is 23.4. The first-order chi connectivity index (χ1) is 14.2. The molecule has 2 unspecified atom stereocenters. The molecule has 10 heteroatoms. The van der Waals surface area contributed by atoms with Crippen LogP contribution >= 0.6 is 11.6 Å². The van der Waals surface area contributed by atoms with Crippen LogP contribution in [0.1, 0.15) is 18.5 Å².